The molecule has 0 aliphatic heterocycles. The molecule has 1 amide bonds. The van der Waals surface area contributed by atoms with Crippen molar-refractivity contribution in [2.45, 2.75) is 44.7 Å². The van der Waals surface area contributed by atoms with Crippen LogP contribution < -0.4 is 5.32 Å². The van der Waals surface area contributed by atoms with Gasteiger partial charge < -0.3 is 10.2 Å². The number of carbonyl (C=O) groups is 1. The molecule has 0 bridgehead atoms. The minimum Gasteiger partial charge on any atom is -0.349 e. The standard InChI is InChI=1S/C14H23ClN4O/c1-4-19-9-11(15)12(17-19)13(20)16-10-14(18(2)3)7-5-6-8-14/h9H,4-8,10H2,1-3H3,(H,16,20). The van der Waals surface area contributed by atoms with Crippen molar-refractivity contribution in [1.29, 1.82) is 0 Å². The third kappa shape index (κ3) is 2.99. The van der Waals surface area contributed by atoms with E-state index in [1.54, 1.807) is 10.9 Å². The lowest BCUT2D eigenvalue weighted by Crippen LogP contribution is -2.50. The van der Waals surface area contributed by atoms with Crippen LogP contribution in [0.15, 0.2) is 6.20 Å². The molecule has 0 unspecified atom stereocenters. The number of hydrogen-bond donors (Lipinski definition) is 1. The summed E-state index contributed by atoms with van der Waals surface area (Å²) in [4.78, 5) is 14.5. The second-order valence-electron chi connectivity index (χ2n) is 5.69. The maximum absolute atomic E-state index is 12.2. The fraction of sp³-hybridized carbons (Fsp3) is 0.714. The second kappa shape index (κ2) is 6.14. The highest BCUT2D eigenvalue weighted by Crippen LogP contribution is 2.33. The summed E-state index contributed by atoms with van der Waals surface area (Å²) in [7, 11) is 4.16. The van der Waals surface area contributed by atoms with Crippen molar-refractivity contribution in [1.82, 2.24) is 20.0 Å². The smallest absolute Gasteiger partial charge is 0.273 e. The van der Waals surface area contributed by atoms with Gasteiger partial charge in [-0.05, 0) is 33.9 Å². The lowest BCUT2D eigenvalue weighted by molar-refractivity contribution is 0.0894. The molecule has 1 saturated carbocycles. The number of aromatic nitrogens is 2. The Morgan fingerprint density at radius 1 is 1.50 bits per heavy atom. The van der Waals surface area contributed by atoms with E-state index in [4.69, 9.17) is 11.6 Å². The molecule has 1 aromatic heterocycles. The van der Waals surface area contributed by atoms with E-state index in [1.165, 1.54) is 12.8 Å². The molecule has 2 rings (SSSR count). The lowest BCUT2D eigenvalue weighted by atomic mass is 9.96. The molecule has 5 nitrogen and oxygen atoms in total. The Kier molecular flexibility index (Phi) is 4.70. The third-order valence-electron chi connectivity index (χ3n) is 4.32. The van der Waals surface area contributed by atoms with Gasteiger partial charge in [-0.25, -0.2) is 0 Å². The molecule has 1 aliphatic carbocycles. The number of aryl methyl sites for hydroxylation is 1. The van der Waals surface area contributed by atoms with Gasteiger partial charge in [-0.1, -0.05) is 24.4 Å². The Bertz CT molecular complexity index is 478. The van der Waals surface area contributed by atoms with Crippen LogP contribution in [-0.2, 0) is 6.54 Å². The zero-order chi connectivity index (χ0) is 14.8. The zero-order valence-corrected chi connectivity index (χ0v) is 13.2. The molecule has 112 valence electrons. The van der Waals surface area contributed by atoms with Crippen LogP contribution in [-0.4, -0.2) is 46.8 Å². The molecule has 1 fully saturated rings. The number of halogens is 1. The number of amides is 1. The molecule has 1 aliphatic rings. The number of rotatable bonds is 5. The fourth-order valence-electron chi connectivity index (χ4n) is 2.86. The molecular formula is C14H23ClN4O. The maximum atomic E-state index is 12.2. The van der Waals surface area contributed by atoms with Gasteiger partial charge in [-0.3, -0.25) is 9.48 Å². The van der Waals surface area contributed by atoms with Crippen LogP contribution in [0.2, 0.25) is 5.02 Å². The monoisotopic (exact) mass is 298 g/mol. The van der Waals surface area contributed by atoms with Crippen molar-refractivity contribution < 1.29 is 4.79 Å². The van der Waals surface area contributed by atoms with Gasteiger partial charge in [0.15, 0.2) is 5.69 Å². The molecule has 20 heavy (non-hydrogen) atoms. The average Bonchev–Trinajstić information content (AvgIpc) is 3.03. The first-order valence-electron chi connectivity index (χ1n) is 7.17. The molecule has 0 radical (unpaired) electrons. The van der Waals surface area contributed by atoms with Gasteiger partial charge in [0.2, 0.25) is 0 Å². The summed E-state index contributed by atoms with van der Waals surface area (Å²) in [6.45, 7) is 3.31. The van der Waals surface area contributed by atoms with Crippen LogP contribution in [0.1, 0.15) is 43.1 Å². The first-order valence-corrected chi connectivity index (χ1v) is 7.55. The van der Waals surface area contributed by atoms with Crippen LogP contribution in [0.3, 0.4) is 0 Å². The SMILES string of the molecule is CCn1cc(Cl)c(C(=O)NCC2(N(C)C)CCCC2)n1. The summed E-state index contributed by atoms with van der Waals surface area (Å²) < 4.78 is 1.68. The minimum absolute atomic E-state index is 0.0788. The third-order valence-corrected chi connectivity index (χ3v) is 4.59. The van der Waals surface area contributed by atoms with E-state index in [9.17, 15) is 4.79 Å². The molecular weight excluding hydrogens is 276 g/mol. The van der Waals surface area contributed by atoms with Gasteiger partial charge in [0.25, 0.3) is 5.91 Å². The maximum Gasteiger partial charge on any atom is 0.273 e. The Morgan fingerprint density at radius 2 is 2.15 bits per heavy atom. The van der Waals surface area contributed by atoms with Crippen molar-refractivity contribution in [2.24, 2.45) is 0 Å². The Labute approximate surface area is 125 Å². The predicted molar refractivity (Wildman–Crippen MR) is 80.1 cm³/mol. The van der Waals surface area contributed by atoms with Gasteiger partial charge in [0.05, 0.1) is 5.02 Å². The van der Waals surface area contributed by atoms with E-state index in [0.29, 0.717) is 23.8 Å². The molecule has 1 N–H and O–H groups in total. The molecule has 0 spiro atoms. The van der Waals surface area contributed by atoms with Crippen LogP contribution in [0, 0.1) is 0 Å². The van der Waals surface area contributed by atoms with Crippen LogP contribution in [0.25, 0.3) is 0 Å². The van der Waals surface area contributed by atoms with Crippen molar-refractivity contribution in [3.05, 3.63) is 16.9 Å². The summed E-state index contributed by atoms with van der Waals surface area (Å²) in [6.07, 6.45) is 6.38. The van der Waals surface area contributed by atoms with Crippen molar-refractivity contribution in [3.8, 4) is 0 Å². The van der Waals surface area contributed by atoms with E-state index < -0.39 is 0 Å². The quantitative estimate of drug-likeness (QED) is 0.906. The van der Waals surface area contributed by atoms with Crippen LogP contribution >= 0.6 is 11.6 Å². The van der Waals surface area contributed by atoms with Crippen molar-refractivity contribution in [3.63, 3.8) is 0 Å². The average molecular weight is 299 g/mol. The number of nitrogens with one attached hydrogen (secondary N) is 1. The summed E-state index contributed by atoms with van der Waals surface area (Å²) in [6, 6.07) is 0. The highest BCUT2D eigenvalue weighted by Gasteiger charge is 2.36. The van der Waals surface area contributed by atoms with Gasteiger partial charge in [0, 0.05) is 24.8 Å². The zero-order valence-electron chi connectivity index (χ0n) is 12.4. The Balaban J connectivity index is 2.02. The van der Waals surface area contributed by atoms with Crippen LogP contribution in [0.4, 0.5) is 0 Å². The number of carbonyl (C=O) groups excluding carboxylic acids is 1. The van der Waals surface area contributed by atoms with Crippen molar-refractivity contribution >= 4 is 17.5 Å². The Hall–Kier alpha value is -1.07. The largest absolute Gasteiger partial charge is 0.349 e. The van der Waals surface area contributed by atoms with Gasteiger partial charge >= 0.3 is 0 Å². The highest BCUT2D eigenvalue weighted by molar-refractivity contribution is 6.33. The molecule has 0 atom stereocenters. The molecule has 0 saturated heterocycles. The predicted octanol–water partition coefficient (Wildman–Crippen LogP) is 2.16. The lowest BCUT2D eigenvalue weighted by Gasteiger charge is -2.36. The van der Waals surface area contributed by atoms with E-state index in [0.717, 1.165) is 12.8 Å². The molecule has 0 aromatic carbocycles. The molecule has 6 heteroatoms. The minimum atomic E-state index is -0.185. The number of nitrogens with zero attached hydrogens (tertiary/aromatic N) is 3. The summed E-state index contributed by atoms with van der Waals surface area (Å²) in [5.74, 6) is -0.185. The van der Waals surface area contributed by atoms with Crippen LogP contribution in [0.5, 0.6) is 0 Å². The van der Waals surface area contributed by atoms with Gasteiger partial charge in [0.1, 0.15) is 0 Å². The molecule has 1 heterocycles. The second-order valence-corrected chi connectivity index (χ2v) is 6.10. The number of likely N-dealkylation sites (N-methyl/N-ethyl adjacent to an activating group) is 1. The van der Waals surface area contributed by atoms with Gasteiger partial charge in [-0.2, -0.15) is 5.10 Å². The van der Waals surface area contributed by atoms with Gasteiger partial charge in [-0.15, -0.1) is 0 Å². The van der Waals surface area contributed by atoms with E-state index >= 15 is 0 Å². The number of hydrogen-bond acceptors (Lipinski definition) is 3. The summed E-state index contributed by atoms with van der Waals surface area (Å²) >= 11 is 6.06. The van der Waals surface area contributed by atoms with E-state index in [2.05, 4.69) is 29.4 Å². The Morgan fingerprint density at radius 3 is 2.65 bits per heavy atom. The van der Waals surface area contributed by atoms with E-state index in [1.807, 2.05) is 6.92 Å². The van der Waals surface area contributed by atoms with Crippen molar-refractivity contribution in [2.75, 3.05) is 20.6 Å². The first kappa shape index (κ1) is 15.3. The highest BCUT2D eigenvalue weighted by atomic mass is 35.5. The van der Waals surface area contributed by atoms with E-state index in [-0.39, 0.29) is 11.4 Å². The first-order chi connectivity index (χ1) is 9.48. The normalized spacial score (nSPS) is 17.6. The summed E-state index contributed by atoms with van der Waals surface area (Å²) in [5.41, 5.74) is 0.399. The fourth-order valence-corrected chi connectivity index (χ4v) is 3.09. The molecule has 1 aromatic rings. The summed E-state index contributed by atoms with van der Waals surface area (Å²) in [5, 5.41) is 7.61. The topological polar surface area (TPSA) is 50.2 Å².